The van der Waals surface area contributed by atoms with Crippen LogP contribution in [-0.4, -0.2) is 15.2 Å². The van der Waals surface area contributed by atoms with Gasteiger partial charge in [-0.1, -0.05) is 24.3 Å². The molecule has 0 spiro atoms. The van der Waals surface area contributed by atoms with E-state index >= 15 is 0 Å². The summed E-state index contributed by atoms with van der Waals surface area (Å²) in [5.41, 5.74) is 0.556. The summed E-state index contributed by atoms with van der Waals surface area (Å²) in [6, 6.07) is 14.6. The summed E-state index contributed by atoms with van der Waals surface area (Å²) in [5.74, 6) is 1.13. The molecule has 0 fully saturated rings. The molecule has 1 aliphatic rings. The fourth-order valence-electron chi connectivity index (χ4n) is 2.05. The van der Waals surface area contributed by atoms with E-state index in [4.69, 9.17) is 9.47 Å². The lowest BCUT2D eigenvalue weighted by Crippen LogP contribution is -2.03. The summed E-state index contributed by atoms with van der Waals surface area (Å²) < 4.78 is 35.3. The highest BCUT2D eigenvalue weighted by molar-refractivity contribution is 7.95. The molecule has 0 atom stereocenters. The number of nitrogens with zero attached hydrogens (tertiary/aromatic N) is 1. The monoisotopic (exact) mass is 313 g/mol. The Morgan fingerprint density at radius 2 is 1.82 bits per heavy atom. The van der Waals surface area contributed by atoms with Crippen molar-refractivity contribution in [1.29, 1.82) is 5.26 Å². The van der Waals surface area contributed by atoms with Crippen LogP contribution in [0.25, 0.3) is 6.08 Å². The van der Waals surface area contributed by atoms with Gasteiger partial charge in [-0.15, -0.1) is 0 Å². The summed E-state index contributed by atoms with van der Waals surface area (Å²) in [6.45, 7) is 0.135. The SMILES string of the molecule is N#CC(=Cc1ccc2c(c1)OCO2)S(=O)(=O)c1ccccc1. The average molecular weight is 313 g/mol. The van der Waals surface area contributed by atoms with E-state index in [1.54, 1.807) is 42.5 Å². The number of benzene rings is 2. The minimum absolute atomic E-state index is 0.0866. The molecule has 2 aromatic carbocycles. The second-order valence-electron chi connectivity index (χ2n) is 4.55. The number of sulfone groups is 1. The van der Waals surface area contributed by atoms with Crippen molar-refractivity contribution in [1.82, 2.24) is 0 Å². The molecule has 3 rings (SSSR count). The number of allylic oxidation sites excluding steroid dienone is 1. The van der Waals surface area contributed by atoms with Gasteiger partial charge >= 0.3 is 0 Å². The average Bonchev–Trinajstić information content (AvgIpc) is 3.01. The van der Waals surface area contributed by atoms with E-state index in [1.165, 1.54) is 18.2 Å². The molecule has 0 radical (unpaired) electrons. The molecule has 0 aromatic heterocycles. The fraction of sp³-hybridized carbons (Fsp3) is 0.0625. The minimum Gasteiger partial charge on any atom is -0.454 e. The van der Waals surface area contributed by atoms with Crippen molar-refractivity contribution in [3.63, 3.8) is 0 Å². The van der Waals surface area contributed by atoms with Crippen LogP contribution in [0.1, 0.15) is 5.56 Å². The normalized spacial score (nSPS) is 13.7. The van der Waals surface area contributed by atoms with Crippen molar-refractivity contribution >= 4 is 15.9 Å². The van der Waals surface area contributed by atoms with Gasteiger partial charge in [0.15, 0.2) is 11.5 Å². The first-order chi connectivity index (χ1) is 10.6. The molecule has 110 valence electrons. The quantitative estimate of drug-likeness (QED) is 0.814. The number of nitriles is 1. The Morgan fingerprint density at radius 1 is 1.09 bits per heavy atom. The molecule has 0 bridgehead atoms. The van der Waals surface area contributed by atoms with Gasteiger partial charge in [-0.2, -0.15) is 5.26 Å². The second-order valence-corrected chi connectivity index (χ2v) is 6.47. The first-order valence-electron chi connectivity index (χ1n) is 6.43. The van der Waals surface area contributed by atoms with Gasteiger partial charge in [0.05, 0.1) is 4.90 Å². The minimum atomic E-state index is -3.84. The summed E-state index contributed by atoms with van der Waals surface area (Å²) in [5, 5.41) is 9.22. The second kappa shape index (κ2) is 5.54. The third kappa shape index (κ3) is 2.54. The van der Waals surface area contributed by atoms with Crippen molar-refractivity contribution in [2.45, 2.75) is 4.90 Å². The molecule has 0 unspecified atom stereocenters. The number of rotatable bonds is 3. The van der Waals surface area contributed by atoms with Crippen LogP contribution in [0.5, 0.6) is 11.5 Å². The highest BCUT2D eigenvalue weighted by Gasteiger charge is 2.21. The molecule has 0 saturated carbocycles. The van der Waals surface area contributed by atoms with Crippen LogP contribution in [-0.2, 0) is 9.84 Å². The Bertz CT molecular complexity index is 880. The molecule has 1 aliphatic heterocycles. The maximum absolute atomic E-state index is 12.5. The van der Waals surface area contributed by atoms with Gasteiger partial charge in [-0.3, -0.25) is 0 Å². The lowest BCUT2D eigenvalue weighted by Gasteiger charge is -2.03. The van der Waals surface area contributed by atoms with Gasteiger partial charge in [0.2, 0.25) is 16.6 Å². The number of hydrogen-bond donors (Lipinski definition) is 0. The Labute approximate surface area is 127 Å². The van der Waals surface area contributed by atoms with Gasteiger partial charge in [-0.25, -0.2) is 8.42 Å². The largest absolute Gasteiger partial charge is 0.454 e. The maximum Gasteiger partial charge on any atom is 0.231 e. The van der Waals surface area contributed by atoms with E-state index in [-0.39, 0.29) is 16.6 Å². The summed E-state index contributed by atoms with van der Waals surface area (Å²) in [6.07, 6.45) is 1.32. The highest BCUT2D eigenvalue weighted by atomic mass is 32.2. The van der Waals surface area contributed by atoms with E-state index in [0.717, 1.165) is 0 Å². The third-order valence-electron chi connectivity index (χ3n) is 3.15. The van der Waals surface area contributed by atoms with Gasteiger partial charge in [-0.05, 0) is 35.9 Å². The Morgan fingerprint density at radius 3 is 2.55 bits per heavy atom. The molecule has 0 aliphatic carbocycles. The first kappa shape index (κ1) is 14.2. The van der Waals surface area contributed by atoms with Crippen LogP contribution < -0.4 is 9.47 Å². The van der Waals surface area contributed by atoms with E-state index in [1.807, 2.05) is 0 Å². The van der Waals surface area contributed by atoms with Gasteiger partial charge < -0.3 is 9.47 Å². The molecular formula is C16H11NO4S. The molecule has 0 amide bonds. The molecule has 0 N–H and O–H groups in total. The number of ether oxygens (including phenoxy) is 2. The zero-order chi connectivity index (χ0) is 15.6. The van der Waals surface area contributed by atoms with E-state index in [0.29, 0.717) is 17.1 Å². The first-order valence-corrected chi connectivity index (χ1v) is 7.91. The predicted molar refractivity (Wildman–Crippen MR) is 79.8 cm³/mol. The zero-order valence-corrected chi connectivity index (χ0v) is 12.2. The van der Waals surface area contributed by atoms with Crippen LogP contribution in [0.4, 0.5) is 0 Å². The summed E-state index contributed by atoms with van der Waals surface area (Å²) >= 11 is 0. The third-order valence-corrected chi connectivity index (χ3v) is 4.83. The Balaban J connectivity index is 2.03. The topological polar surface area (TPSA) is 76.4 Å². The Kier molecular flexibility index (Phi) is 3.57. The van der Waals surface area contributed by atoms with Crippen LogP contribution in [0.3, 0.4) is 0 Å². The van der Waals surface area contributed by atoms with Crippen LogP contribution in [0, 0.1) is 11.3 Å². The van der Waals surface area contributed by atoms with E-state index < -0.39 is 9.84 Å². The molecule has 5 nitrogen and oxygen atoms in total. The summed E-state index contributed by atoms with van der Waals surface area (Å²) in [4.78, 5) is -0.235. The number of hydrogen-bond acceptors (Lipinski definition) is 5. The van der Waals surface area contributed by atoms with Crippen molar-refractivity contribution in [2.75, 3.05) is 6.79 Å². The van der Waals surface area contributed by atoms with Crippen molar-refractivity contribution < 1.29 is 17.9 Å². The van der Waals surface area contributed by atoms with Crippen LogP contribution in [0.15, 0.2) is 58.3 Å². The number of fused-ring (bicyclic) bond motifs is 1. The van der Waals surface area contributed by atoms with Gasteiger partial charge in [0.25, 0.3) is 0 Å². The van der Waals surface area contributed by atoms with Crippen molar-refractivity contribution in [2.24, 2.45) is 0 Å². The maximum atomic E-state index is 12.5. The smallest absolute Gasteiger partial charge is 0.231 e. The van der Waals surface area contributed by atoms with Crippen LogP contribution in [0.2, 0.25) is 0 Å². The fourth-order valence-corrected chi connectivity index (χ4v) is 3.23. The molecular weight excluding hydrogens is 302 g/mol. The summed E-state index contributed by atoms with van der Waals surface area (Å²) in [7, 11) is -3.84. The lowest BCUT2D eigenvalue weighted by atomic mass is 10.2. The molecule has 1 heterocycles. The van der Waals surface area contributed by atoms with Crippen molar-refractivity contribution in [3.05, 3.63) is 59.0 Å². The standard InChI is InChI=1S/C16H11NO4S/c17-10-14(22(18,19)13-4-2-1-3-5-13)8-12-6-7-15-16(9-12)21-11-20-15/h1-9H,11H2. The van der Waals surface area contributed by atoms with E-state index in [2.05, 4.69) is 0 Å². The van der Waals surface area contributed by atoms with E-state index in [9.17, 15) is 13.7 Å². The Hall–Kier alpha value is -2.78. The van der Waals surface area contributed by atoms with Crippen LogP contribution >= 0.6 is 0 Å². The lowest BCUT2D eigenvalue weighted by molar-refractivity contribution is 0.174. The molecule has 22 heavy (non-hydrogen) atoms. The zero-order valence-electron chi connectivity index (χ0n) is 11.4. The highest BCUT2D eigenvalue weighted by Crippen LogP contribution is 2.33. The molecule has 0 saturated heterocycles. The predicted octanol–water partition coefficient (Wildman–Crippen LogP) is 2.75. The van der Waals surface area contributed by atoms with Crippen molar-refractivity contribution in [3.8, 4) is 17.6 Å². The molecule has 2 aromatic rings. The van der Waals surface area contributed by atoms with Gasteiger partial charge in [0, 0.05) is 0 Å². The van der Waals surface area contributed by atoms with Gasteiger partial charge in [0.1, 0.15) is 11.0 Å². The molecule has 6 heteroatoms.